The maximum atomic E-state index is 13.1. The number of hydrogen-bond donors (Lipinski definition) is 0. The average molecular weight is 327 g/mol. The fourth-order valence-electron chi connectivity index (χ4n) is 2.70. The van der Waals surface area contributed by atoms with Crippen LogP contribution in [0.25, 0.3) is 0 Å². The van der Waals surface area contributed by atoms with Crippen LogP contribution < -0.4 is 0 Å². The lowest BCUT2D eigenvalue weighted by molar-refractivity contribution is -0.129. The van der Waals surface area contributed by atoms with Gasteiger partial charge in [-0.15, -0.1) is 3.89 Å². The highest BCUT2D eigenvalue weighted by atomic mass is 32.3. The predicted octanol–water partition coefficient (Wildman–Crippen LogP) is 2.95. The van der Waals surface area contributed by atoms with Crippen molar-refractivity contribution < 1.29 is 17.1 Å². The Morgan fingerprint density at radius 2 is 1.77 bits per heavy atom. The van der Waals surface area contributed by atoms with Crippen LogP contribution in [0, 0.1) is 0 Å². The minimum absolute atomic E-state index is 0.0403. The van der Waals surface area contributed by atoms with Crippen LogP contribution in [-0.2, 0) is 20.4 Å². The molecule has 0 bridgehead atoms. The maximum absolute atomic E-state index is 13.1. The monoisotopic (exact) mass is 327 g/mol. The first-order valence-electron chi connectivity index (χ1n) is 7.33. The quantitative estimate of drug-likeness (QED) is 0.802. The highest BCUT2D eigenvalue weighted by Crippen LogP contribution is 2.30. The third-order valence-electron chi connectivity index (χ3n) is 4.25. The van der Waals surface area contributed by atoms with Crippen molar-refractivity contribution in [3.8, 4) is 0 Å². The molecule has 1 aromatic carbocycles. The van der Waals surface area contributed by atoms with Crippen molar-refractivity contribution in [3.63, 3.8) is 0 Å². The molecule has 6 heteroatoms. The number of likely N-dealkylation sites (tertiary alicyclic amines) is 1. The Balaban J connectivity index is 2.18. The van der Waals surface area contributed by atoms with E-state index in [1.165, 1.54) is 10.5 Å². The Kier molecular flexibility index (Phi) is 4.35. The molecule has 2 rings (SSSR count). The number of hydrogen-bond acceptors (Lipinski definition) is 3. The van der Waals surface area contributed by atoms with Crippen LogP contribution in [0.15, 0.2) is 24.3 Å². The van der Waals surface area contributed by atoms with Crippen molar-refractivity contribution >= 4 is 16.1 Å². The van der Waals surface area contributed by atoms with Crippen molar-refractivity contribution in [2.75, 3.05) is 6.54 Å². The molecule has 1 fully saturated rings. The van der Waals surface area contributed by atoms with Gasteiger partial charge in [0.2, 0.25) is 5.91 Å². The summed E-state index contributed by atoms with van der Waals surface area (Å²) in [7, 11) is -4.67. The van der Waals surface area contributed by atoms with Gasteiger partial charge in [0.15, 0.2) is 0 Å². The van der Waals surface area contributed by atoms with Crippen LogP contribution in [0.5, 0.6) is 0 Å². The van der Waals surface area contributed by atoms with Gasteiger partial charge in [0.25, 0.3) is 0 Å². The zero-order chi connectivity index (χ0) is 16.7. The topological polar surface area (TPSA) is 54.5 Å². The highest BCUT2D eigenvalue weighted by Gasteiger charge is 2.40. The lowest BCUT2D eigenvalue weighted by atomic mass is 9.86. The molecule has 1 aliphatic heterocycles. The third kappa shape index (κ3) is 3.48. The van der Waals surface area contributed by atoms with E-state index in [1.807, 2.05) is 31.2 Å². The Morgan fingerprint density at radius 1 is 1.23 bits per heavy atom. The van der Waals surface area contributed by atoms with Gasteiger partial charge in [-0.3, -0.25) is 4.79 Å². The molecule has 1 aliphatic rings. The molecule has 4 nitrogen and oxygen atoms in total. The summed E-state index contributed by atoms with van der Waals surface area (Å²) in [6, 6.07) is 7.63. The first kappa shape index (κ1) is 16.9. The summed E-state index contributed by atoms with van der Waals surface area (Å²) in [5.74, 6) is -0.321. The third-order valence-corrected chi connectivity index (χ3v) is 5.36. The molecule has 1 saturated heterocycles. The van der Waals surface area contributed by atoms with Crippen molar-refractivity contribution in [2.24, 2.45) is 0 Å². The van der Waals surface area contributed by atoms with Gasteiger partial charge in [-0.1, -0.05) is 45.0 Å². The van der Waals surface area contributed by atoms with Gasteiger partial charge in [0, 0.05) is 13.0 Å². The molecule has 2 atom stereocenters. The van der Waals surface area contributed by atoms with E-state index in [0.29, 0.717) is 0 Å². The molecule has 1 heterocycles. The first-order chi connectivity index (χ1) is 10.00. The molecule has 0 aliphatic carbocycles. The minimum atomic E-state index is -4.67. The normalized spacial score (nSPS) is 21.2. The smallest absolute Gasteiger partial charge is 0.307 e. The van der Waals surface area contributed by atoms with Crippen LogP contribution in [0.1, 0.15) is 51.3 Å². The summed E-state index contributed by atoms with van der Waals surface area (Å²) in [6.07, 6.45) is -0.275. The number of amides is 1. The van der Waals surface area contributed by atoms with E-state index < -0.39 is 15.5 Å². The summed E-state index contributed by atoms with van der Waals surface area (Å²) in [6.45, 7) is 8.10. The van der Waals surface area contributed by atoms with Gasteiger partial charge in [-0.25, -0.2) is 0 Å². The second-order valence-corrected chi connectivity index (χ2v) is 8.51. The first-order valence-corrected chi connectivity index (χ1v) is 8.78. The Labute approximate surface area is 131 Å². The summed E-state index contributed by atoms with van der Waals surface area (Å²) in [5, 5.41) is -1.24. The van der Waals surface area contributed by atoms with E-state index >= 15 is 0 Å². The standard InChI is InChI=1S/C16H22FNO3S/c1-11(12-5-7-13(8-6-12)16(2,3)4)18-10-14(9-15(18)19)22(17,20)21/h5-8,11,14H,9-10H2,1-4H3. The van der Waals surface area contributed by atoms with Crippen molar-refractivity contribution in [1.29, 1.82) is 0 Å². The fraction of sp³-hybridized carbons (Fsp3) is 0.562. The van der Waals surface area contributed by atoms with E-state index in [2.05, 4.69) is 20.8 Å². The Hall–Kier alpha value is -1.43. The molecule has 0 saturated carbocycles. The number of halogens is 1. The summed E-state index contributed by atoms with van der Waals surface area (Å²) in [5.41, 5.74) is 2.14. The van der Waals surface area contributed by atoms with Crippen molar-refractivity contribution in [2.45, 2.75) is 50.8 Å². The van der Waals surface area contributed by atoms with E-state index in [-0.39, 0.29) is 30.3 Å². The van der Waals surface area contributed by atoms with Crippen LogP contribution in [0.4, 0.5) is 3.89 Å². The Morgan fingerprint density at radius 3 is 2.18 bits per heavy atom. The van der Waals surface area contributed by atoms with Gasteiger partial charge in [-0.2, -0.15) is 8.42 Å². The number of carbonyl (C=O) groups excluding carboxylic acids is 1. The molecule has 0 aromatic heterocycles. The van der Waals surface area contributed by atoms with E-state index in [4.69, 9.17) is 0 Å². The fourth-order valence-corrected chi connectivity index (χ4v) is 3.38. The number of benzene rings is 1. The van der Waals surface area contributed by atoms with Gasteiger partial charge < -0.3 is 4.90 Å². The molecule has 1 amide bonds. The van der Waals surface area contributed by atoms with E-state index in [1.54, 1.807) is 0 Å². The largest absolute Gasteiger partial charge is 0.334 e. The highest BCUT2D eigenvalue weighted by molar-refractivity contribution is 7.87. The van der Waals surface area contributed by atoms with Gasteiger partial charge in [0.05, 0.1) is 6.04 Å². The molecule has 2 unspecified atom stereocenters. The molecule has 122 valence electrons. The molecule has 22 heavy (non-hydrogen) atoms. The molecule has 0 spiro atoms. The SMILES string of the molecule is CC(c1ccc(C(C)(C)C)cc1)N1CC(S(=O)(=O)F)CC1=O. The van der Waals surface area contributed by atoms with Gasteiger partial charge in [0.1, 0.15) is 5.25 Å². The molecule has 1 aromatic rings. The van der Waals surface area contributed by atoms with E-state index in [9.17, 15) is 17.1 Å². The minimum Gasteiger partial charge on any atom is -0.334 e. The lowest BCUT2D eigenvalue weighted by Crippen LogP contribution is -2.30. The lowest BCUT2D eigenvalue weighted by Gasteiger charge is -2.26. The van der Waals surface area contributed by atoms with Crippen LogP contribution in [0.2, 0.25) is 0 Å². The predicted molar refractivity (Wildman–Crippen MR) is 83.7 cm³/mol. The summed E-state index contributed by atoms with van der Waals surface area (Å²) in [4.78, 5) is 13.4. The zero-order valence-electron chi connectivity index (χ0n) is 13.3. The second kappa shape index (κ2) is 5.65. The van der Waals surface area contributed by atoms with Crippen LogP contribution >= 0.6 is 0 Å². The van der Waals surface area contributed by atoms with Crippen molar-refractivity contribution in [1.82, 2.24) is 4.90 Å². The van der Waals surface area contributed by atoms with Gasteiger partial charge >= 0.3 is 10.2 Å². The summed E-state index contributed by atoms with van der Waals surface area (Å²) < 4.78 is 35.1. The van der Waals surface area contributed by atoms with Gasteiger partial charge in [-0.05, 0) is 23.5 Å². The molecular weight excluding hydrogens is 305 g/mol. The van der Waals surface area contributed by atoms with Crippen LogP contribution in [-0.4, -0.2) is 31.0 Å². The zero-order valence-corrected chi connectivity index (χ0v) is 14.2. The number of nitrogens with zero attached hydrogens (tertiary/aromatic N) is 1. The Bertz CT molecular complexity index is 662. The van der Waals surface area contributed by atoms with Crippen LogP contribution in [0.3, 0.4) is 0 Å². The molecule has 0 radical (unpaired) electrons. The molecular formula is C16H22FNO3S. The number of rotatable bonds is 3. The summed E-state index contributed by atoms with van der Waals surface area (Å²) >= 11 is 0. The van der Waals surface area contributed by atoms with Crippen molar-refractivity contribution in [3.05, 3.63) is 35.4 Å². The number of carbonyl (C=O) groups is 1. The second-order valence-electron chi connectivity index (χ2n) is 6.90. The molecule has 0 N–H and O–H groups in total. The van der Waals surface area contributed by atoms with E-state index in [0.717, 1.165) is 5.56 Å². The maximum Gasteiger partial charge on any atom is 0.307 e. The average Bonchev–Trinajstić information content (AvgIpc) is 2.79.